The number of carbonyl (C=O) groups is 1. The lowest BCUT2D eigenvalue weighted by Crippen LogP contribution is -2.14. The number of hydrogen-bond acceptors (Lipinski definition) is 3. The summed E-state index contributed by atoms with van der Waals surface area (Å²) in [5, 5.41) is 0. The molecule has 1 unspecified atom stereocenters. The molecular formula is C10H18O2S. The summed E-state index contributed by atoms with van der Waals surface area (Å²) in [7, 11) is 0. The fourth-order valence-corrected chi connectivity index (χ4v) is 2.49. The van der Waals surface area contributed by atoms with E-state index in [0.717, 1.165) is 31.1 Å². The number of thioether (sulfide) groups is 1. The van der Waals surface area contributed by atoms with Gasteiger partial charge in [0.2, 0.25) is 0 Å². The molecule has 1 heterocycles. The first-order valence-corrected chi connectivity index (χ1v) is 6.04. The Morgan fingerprint density at radius 2 is 2.38 bits per heavy atom. The second-order valence-corrected chi connectivity index (χ2v) is 4.97. The molecule has 1 aliphatic rings. The Morgan fingerprint density at radius 3 is 2.92 bits per heavy atom. The van der Waals surface area contributed by atoms with E-state index in [2.05, 4.69) is 13.8 Å². The molecule has 2 nitrogen and oxygen atoms in total. The van der Waals surface area contributed by atoms with Crippen LogP contribution in [0.4, 0.5) is 0 Å². The van der Waals surface area contributed by atoms with Crippen molar-refractivity contribution >= 4 is 17.5 Å². The molecule has 0 aromatic carbocycles. The number of rotatable bonds is 5. The molecule has 1 rings (SSSR count). The second-order valence-electron chi connectivity index (χ2n) is 3.94. The van der Waals surface area contributed by atoms with E-state index < -0.39 is 0 Å². The lowest BCUT2D eigenvalue weighted by atomic mass is 10.1. The zero-order chi connectivity index (χ0) is 9.68. The minimum absolute atomic E-state index is 0.275. The topological polar surface area (TPSA) is 26.3 Å². The molecule has 0 bridgehead atoms. The van der Waals surface area contributed by atoms with Gasteiger partial charge in [-0.3, -0.25) is 4.79 Å². The van der Waals surface area contributed by atoms with Crippen LogP contribution in [0.1, 0.15) is 20.3 Å². The number of carbonyl (C=O) groups excluding carboxylic acids is 1. The molecule has 1 aliphatic heterocycles. The van der Waals surface area contributed by atoms with Gasteiger partial charge < -0.3 is 4.74 Å². The van der Waals surface area contributed by atoms with Crippen LogP contribution in [0.2, 0.25) is 0 Å². The Kier molecular flexibility index (Phi) is 4.81. The molecule has 13 heavy (non-hydrogen) atoms. The number of ketones is 1. The van der Waals surface area contributed by atoms with E-state index in [1.54, 1.807) is 11.8 Å². The van der Waals surface area contributed by atoms with Gasteiger partial charge in [-0.1, -0.05) is 13.8 Å². The normalized spacial score (nSPS) is 23.0. The maximum absolute atomic E-state index is 11.2. The quantitative estimate of drug-likeness (QED) is 0.638. The second kappa shape index (κ2) is 5.66. The van der Waals surface area contributed by atoms with E-state index in [0.29, 0.717) is 11.7 Å². The van der Waals surface area contributed by atoms with Gasteiger partial charge >= 0.3 is 0 Å². The molecule has 0 saturated carbocycles. The highest BCUT2D eigenvalue weighted by Crippen LogP contribution is 2.22. The fraction of sp³-hybridized carbons (Fsp3) is 0.900. The molecule has 1 saturated heterocycles. The van der Waals surface area contributed by atoms with Crippen LogP contribution in [0.3, 0.4) is 0 Å². The van der Waals surface area contributed by atoms with Crippen LogP contribution in [0.15, 0.2) is 0 Å². The van der Waals surface area contributed by atoms with Gasteiger partial charge in [-0.25, -0.2) is 0 Å². The van der Waals surface area contributed by atoms with Crippen molar-refractivity contribution < 1.29 is 9.53 Å². The molecule has 0 spiro atoms. The molecule has 0 aromatic heterocycles. The van der Waals surface area contributed by atoms with Gasteiger partial charge in [0.05, 0.1) is 5.75 Å². The minimum Gasteiger partial charge on any atom is -0.381 e. The van der Waals surface area contributed by atoms with E-state index in [1.807, 2.05) is 0 Å². The minimum atomic E-state index is 0.275. The lowest BCUT2D eigenvalue weighted by Gasteiger charge is -2.09. The summed E-state index contributed by atoms with van der Waals surface area (Å²) >= 11 is 1.75. The highest BCUT2D eigenvalue weighted by molar-refractivity contribution is 8.00. The van der Waals surface area contributed by atoms with Crippen LogP contribution in [-0.2, 0) is 9.53 Å². The Balaban J connectivity index is 2.02. The van der Waals surface area contributed by atoms with Crippen LogP contribution in [0.25, 0.3) is 0 Å². The van der Waals surface area contributed by atoms with Crippen molar-refractivity contribution in [3.05, 3.63) is 0 Å². The third kappa shape index (κ3) is 4.14. The van der Waals surface area contributed by atoms with E-state index in [-0.39, 0.29) is 5.92 Å². The summed E-state index contributed by atoms with van der Waals surface area (Å²) in [6.07, 6.45) is 0.915. The number of Topliss-reactive ketones (excluding diaryl/α,β-unsaturated/α-hetero) is 1. The van der Waals surface area contributed by atoms with Crippen molar-refractivity contribution in [2.24, 2.45) is 11.8 Å². The molecule has 0 N–H and O–H groups in total. The molecule has 3 heteroatoms. The van der Waals surface area contributed by atoms with Gasteiger partial charge in [0.15, 0.2) is 0 Å². The predicted molar refractivity (Wildman–Crippen MR) is 56.1 cm³/mol. The fourth-order valence-electron chi connectivity index (χ4n) is 1.30. The summed E-state index contributed by atoms with van der Waals surface area (Å²) in [4.78, 5) is 11.2. The summed E-state index contributed by atoms with van der Waals surface area (Å²) in [6.45, 7) is 5.83. The molecule has 1 atom stereocenters. The monoisotopic (exact) mass is 202 g/mol. The lowest BCUT2D eigenvalue weighted by molar-refractivity contribution is -0.119. The number of hydrogen-bond donors (Lipinski definition) is 0. The summed E-state index contributed by atoms with van der Waals surface area (Å²) in [5.74, 6) is 3.00. The standard InChI is InChI=1S/C10H18O2S/c1-8(2)5-12-4-3-9-6-13-7-10(9)11/h8-9H,3-7H2,1-2H3. The molecule has 1 fully saturated rings. The largest absolute Gasteiger partial charge is 0.381 e. The van der Waals surface area contributed by atoms with E-state index in [4.69, 9.17) is 4.74 Å². The third-order valence-electron chi connectivity index (χ3n) is 2.08. The molecule has 0 aliphatic carbocycles. The van der Waals surface area contributed by atoms with Crippen molar-refractivity contribution in [3.63, 3.8) is 0 Å². The van der Waals surface area contributed by atoms with Crippen LogP contribution < -0.4 is 0 Å². The summed E-state index contributed by atoms with van der Waals surface area (Å²) in [5.41, 5.74) is 0. The van der Waals surface area contributed by atoms with Crippen molar-refractivity contribution in [3.8, 4) is 0 Å². The van der Waals surface area contributed by atoms with Crippen molar-refractivity contribution in [2.45, 2.75) is 20.3 Å². The Labute approximate surface area is 84.4 Å². The van der Waals surface area contributed by atoms with Crippen molar-refractivity contribution in [1.29, 1.82) is 0 Å². The Morgan fingerprint density at radius 1 is 1.62 bits per heavy atom. The molecular weight excluding hydrogens is 184 g/mol. The zero-order valence-electron chi connectivity index (χ0n) is 8.41. The van der Waals surface area contributed by atoms with Crippen LogP contribution in [-0.4, -0.2) is 30.5 Å². The van der Waals surface area contributed by atoms with Gasteiger partial charge in [-0.15, -0.1) is 0 Å². The van der Waals surface area contributed by atoms with Gasteiger partial charge in [-0.05, 0) is 12.3 Å². The summed E-state index contributed by atoms with van der Waals surface area (Å²) < 4.78 is 5.44. The smallest absolute Gasteiger partial charge is 0.146 e. The number of ether oxygens (including phenoxy) is 1. The first-order valence-electron chi connectivity index (χ1n) is 4.88. The first-order chi connectivity index (χ1) is 6.20. The van der Waals surface area contributed by atoms with Gasteiger partial charge in [0.1, 0.15) is 5.78 Å². The van der Waals surface area contributed by atoms with E-state index in [9.17, 15) is 4.79 Å². The zero-order valence-corrected chi connectivity index (χ0v) is 9.23. The Hall–Kier alpha value is -0.0200. The average molecular weight is 202 g/mol. The predicted octanol–water partition coefficient (Wildman–Crippen LogP) is 1.98. The van der Waals surface area contributed by atoms with E-state index >= 15 is 0 Å². The molecule has 0 radical (unpaired) electrons. The molecule has 76 valence electrons. The third-order valence-corrected chi connectivity index (χ3v) is 3.21. The average Bonchev–Trinajstić information content (AvgIpc) is 2.45. The molecule has 0 aromatic rings. The highest BCUT2D eigenvalue weighted by atomic mass is 32.2. The van der Waals surface area contributed by atoms with Crippen LogP contribution in [0, 0.1) is 11.8 Å². The first kappa shape index (κ1) is 11.1. The summed E-state index contributed by atoms with van der Waals surface area (Å²) in [6, 6.07) is 0. The highest BCUT2D eigenvalue weighted by Gasteiger charge is 2.24. The van der Waals surface area contributed by atoms with Gasteiger partial charge in [0.25, 0.3) is 0 Å². The van der Waals surface area contributed by atoms with Crippen molar-refractivity contribution in [2.75, 3.05) is 24.7 Å². The van der Waals surface area contributed by atoms with Gasteiger partial charge in [-0.2, -0.15) is 11.8 Å². The SMILES string of the molecule is CC(C)COCCC1CSCC1=O. The van der Waals surface area contributed by atoms with Crippen molar-refractivity contribution in [1.82, 2.24) is 0 Å². The van der Waals surface area contributed by atoms with Gasteiger partial charge in [0, 0.05) is 24.9 Å². The maximum Gasteiger partial charge on any atom is 0.146 e. The van der Waals surface area contributed by atoms with Crippen LogP contribution in [0.5, 0.6) is 0 Å². The molecule has 0 amide bonds. The maximum atomic E-state index is 11.2. The Bertz CT molecular complexity index is 168. The van der Waals surface area contributed by atoms with E-state index in [1.165, 1.54) is 0 Å². The van der Waals surface area contributed by atoms with Crippen LogP contribution >= 0.6 is 11.8 Å².